The zero-order valence-electron chi connectivity index (χ0n) is 10.2. The van der Waals surface area contributed by atoms with Crippen molar-refractivity contribution in [1.29, 1.82) is 0 Å². The van der Waals surface area contributed by atoms with Crippen LogP contribution in [-0.2, 0) is 0 Å². The molecule has 0 aliphatic carbocycles. The summed E-state index contributed by atoms with van der Waals surface area (Å²) in [6.45, 7) is 6.06. The molecular weight excluding hydrogens is 214 g/mol. The largest absolute Gasteiger partial charge is 0.435 e. The topological polar surface area (TPSA) is 61.0 Å². The van der Waals surface area contributed by atoms with Crippen molar-refractivity contribution in [3.8, 4) is 11.6 Å². The SMILES string of the molecule is Cc1ccc(C)c(Oc2nccnc2N)c1C. The lowest BCUT2D eigenvalue weighted by atomic mass is 10.1. The smallest absolute Gasteiger partial charge is 0.262 e. The molecule has 0 unspecified atom stereocenters. The average molecular weight is 229 g/mol. The molecule has 0 saturated heterocycles. The average Bonchev–Trinajstić information content (AvgIpc) is 2.32. The van der Waals surface area contributed by atoms with Crippen molar-refractivity contribution in [2.75, 3.05) is 5.73 Å². The molecule has 0 aliphatic heterocycles. The molecule has 0 radical (unpaired) electrons. The Morgan fingerprint density at radius 2 is 1.65 bits per heavy atom. The highest BCUT2D eigenvalue weighted by atomic mass is 16.5. The molecule has 88 valence electrons. The van der Waals surface area contributed by atoms with Crippen LogP contribution in [-0.4, -0.2) is 9.97 Å². The number of aromatic nitrogens is 2. The number of hydrogen-bond donors (Lipinski definition) is 1. The maximum atomic E-state index is 5.75. The van der Waals surface area contributed by atoms with Gasteiger partial charge in [-0.05, 0) is 37.5 Å². The second kappa shape index (κ2) is 4.41. The molecule has 0 bridgehead atoms. The third-order valence-corrected chi connectivity index (χ3v) is 2.76. The number of aryl methyl sites for hydroxylation is 2. The Labute approximate surface area is 100 Å². The van der Waals surface area contributed by atoms with Gasteiger partial charge in [0.15, 0.2) is 5.82 Å². The van der Waals surface area contributed by atoms with Crippen LogP contribution in [0.25, 0.3) is 0 Å². The zero-order valence-corrected chi connectivity index (χ0v) is 10.2. The molecular formula is C13H15N3O. The number of anilines is 1. The van der Waals surface area contributed by atoms with E-state index in [2.05, 4.69) is 16.0 Å². The van der Waals surface area contributed by atoms with E-state index in [0.29, 0.717) is 11.7 Å². The minimum absolute atomic E-state index is 0.299. The van der Waals surface area contributed by atoms with Crippen LogP contribution < -0.4 is 10.5 Å². The molecule has 2 aromatic rings. The Morgan fingerprint density at radius 3 is 2.35 bits per heavy atom. The van der Waals surface area contributed by atoms with E-state index in [9.17, 15) is 0 Å². The Morgan fingerprint density at radius 1 is 1.00 bits per heavy atom. The van der Waals surface area contributed by atoms with E-state index >= 15 is 0 Å². The number of hydrogen-bond acceptors (Lipinski definition) is 4. The summed E-state index contributed by atoms with van der Waals surface area (Å²) in [6, 6.07) is 4.09. The molecule has 2 N–H and O–H groups in total. The van der Waals surface area contributed by atoms with Gasteiger partial charge in [0.05, 0.1) is 0 Å². The van der Waals surface area contributed by atoms with Crippen LogP contribution in [0.1, 0.15) is 16.7 Å². The Kier molecular flexibility index (Phi) is 2.95. The van der Waals surface area contributed by atoms with Gasteiger partial charge < -0.3 is 10.5 Å². The first-order valence-corrected chi connectivity index (χ1v) is 5.40. The van der Waals surface area contributed by atoms with Crippen molar-refractivity contribution in [3.63, 3.8) is 0 Å². The summed E-state index contributed by atoms with van der Waals surface area (Å²) in [6.07, 6.45) is 3.10. The summed E-state index contributed by atoms with van der Waals surface area (Å²) in [5, 5.41) is 0. The van der Waals surface area contributed by atoms with E-state index in [1.165, 1.54) is 11.8 Å². The van der Waals surface area contributed by atoms with Crippen LogP contribution >= 0.6 is 0 Å². The fourth-order valence-corrected chi connectivity index (χ4v) is 1.59. The lowest BCUT2D eigenvalue weighted by molar-refractivity contribution is 0.456. The van der Waals surface area contributed by atoms with Gasteiger partial charge in [-0.25, -0.2) is 9.97 Å². The molecule has 4 heteroatoms. The van der Waals surface area contributed by atoms with Gasteiger partial charge in [-0.15, -0.1) is 0 Å². The normalized spacial score (nSPS) is 10.3. The number of benzene rings is 1. The molecule has 0 atom stereocenters. The van der Waals surface area contributed by atoms with Gasteiger partial charge in [0, 0.05) is 12.4 Å². The molecule has 1 heterocycles. The maximum absolute atomic E-state index is 5.75. The third kappa shape index (κ3) is 2.20. The summed E-state index contributed by atoms with van der Waals surface area (Å²) < 4.78 is 5.75. The van der Waals surface area contributed by atoms with Crippen molar-refractivity contribution in [1.82, 2.24) is 9.97 Å². The van der Waals surface area contributed by atoms with Crippen LogP contribution in [0.2, 0.25) is 0 Å². The molecule has 4 nitrogen and oxygen atoms in total. The Bertz CT molecular complexity index is 552. The van der Waals surface area contributed by atoms with Crippen molar-refractivity contribution in [2.45, 2.75) is 20.8 Å². The first-order chi connectivity index (χ1) is 8.09. The van der Waals surface area contributed by atoms with Crippen LogP contribution in [0.4, 0.5) is 5.82 Å². The number of rotatable bonds is 2. The van der Waals surface area contributed by atoms with E-state index in [4.69, 9.17) is 10.5 Å². The summed E-state index contributed by atoms with van der Waals surface area (Å²) in [4.78, 5) is 8.02. The Hall–Kier alpha value is -2.10. The number of nitrogen functional groups attached to an aromatic ring is 1. The predicted octanol–water partition coefficient (Wildman–Crippen LogP) is 2.78. The lowest BCUT2D eigenvalue weighted by Gasteiger charge is -2.13. The van der Waals surface area contributed by atoms with Gasteiger partial charge in [0.1, 0.15) is 5.75 Å². The molecule has 2 rings (SSSR count). The van der Waals surface area contributed by atoms with Gasteiger partial charge in [0.25, 0.3) is 5.88 Å². The molecule has 1 aromatic heterocycles. The second-order valence-corrected chi connectivity index (χ2v) is 4.00. The van der Waals surface area contributed by atoms with Gasteiger partial charge in [-0.2, -0.15) is 0 Å². The van der Waals surface area contributed by atoms with Gasteiger partial charge >= 0.3 is 0 Å². The molecule has 0 amide bonds. The van der Waals surface area contributed by atoms with Gasteiger partial charge in [-0.1, -0.05) is 12.1 Å². The van der Waals surface area contributed by atoms with Crippen molar-refractivity contribution < 1.29 is 4.74 Å². The van der Waals surface area contributed by atoms with E-state index in [1.807, 2.05) is 26.8 Å². The van der Waals surface area contributed by atoms with Crippen molar-refractivity contribution in [2.24, 2.45) is 0 Å². The number of nitrogens with zero attached hydrogens (tertiary/aromatic N) is 2. The Balaban J connectivity index is 2.43. The van der Waals surface area contributed by atoms with Crippen molar-refractivity contribution in [3.05, 3.63) is 41.2 Å². The molecule has 0 spiro atoms. The first-order valence-electron chi connectivity index (χ1n) is 5.40. The van der Waals surface area contributed by atoms with Crippen LogP contribution in [0.3, 0.4) is 0 Å². The highest BCUT2D eigenvalue weighted by molar-refractivity contribution is 5.49. The van der Waals surface area contributed by atoms with E-state index in [0.717, 1.165) is 16.9 Å². The van der Waals surface area contributed by atoms with E-state index < -0.39 is 0 Å². The quantitative estimate of drug-likeness (QED) is 0.860. The van der Waals surface area contributed by atoms with Gasteiger partial charge in [0.2, 0.25) is 0 Å². The fourth-order valence-electron chi connectivity index (χ4n) is 1.59. The van der Waals surface area contributed by atoms with E-state index in [-0.39, 0.29) is 0 Å². The molecule has 0 aliphatic rings. The maximum Gasteiger partial charge on any atom is 0.262 e. The third-order valence-electron chi connectivity index (χ3n) is 2.76. The van der Waals surface area contributed by atoms with E-state index in [1.54, 1.807) is 6.20 Å². The van der Waals surface area contributed by atoms with Crippen molar-refractivity contribution >= 4 is 5.82 Å². The minimum atomic E-state index is 0.299. The number of nitrogens with two attached hydrogens (primary N) is 1. The van der Waals surface area contributed by atoms with Crippen LogP contribution in [0, 0.1) is 20.8 Å². The predicted molar refractivity (Wildman–Crippen MR) is 67.2 cm³/mol. The second-order valence-electron chi connectivity index (χ2n) is 4.00. The molecule has 17 heavy (non-hydrogen) atoms. The summed E-state index contributed by atoms with van der Waals surface area (Å²) in [7, 11) is 0. The first kappa shape index (κ1) is 11.4. The minimum Gasteiger partial charge on any atom is -0.435 e. The van der Waals surface area contributed by atoms with Gasteiger partial charge in [-0.3, -0.25) is 0 Å². The molecule has 0 fully saturated rings. The summed E-state index contributed by atoms with van der Waals surface area (Å²) in [5.41, 5.74) is 9.03. The standard InChI is InChI=1S/C13H15N3O/c1-8-4-5-9(2)11(10(8)3)17-13-12(14)15-6-7-16-13/h4-7H,1-3H3,(H2,14,15). The fraction of sp³-hybridized carbons (Fsp3) is 0.231. The van der Waals surface area contributed by atoms with Crippen LogP contribution in [0.15, 0.2) is 24.5 Å². The molecule has 0 saturated carbocycles. The lowest BCUT2D eigenvalue weighted by Crippen LogP contribution is -2.00. The monoisotopic (exact) mass is 229 g/mol. The summed E-state index contributed by atoms with van der Waals surface area (Å²) >= 11 is 0. The highest BCUT2D eigenvalue weighted by Gasteiger charge is 2.10. The van der Waals surface area contributed by atoms with Crippen LogP contribution in [0.5, 0.6) is 11.6 Å². The highest BCUT2D eigenvalue weighted by Crippen LogP contribution is 2.31. The molecule has 1 aromatic carbocycles. The summed E-state index contributed by atoms with van der Waals surface area (Å²) in [5.74, 6) is 1.45. The zero-order chi connectivity index (χ0) is 12.4. The number of ether oxygens (including phenoxy) is 1.